The van der Waals surface area contributed by atoms with E-state index in [1.807, 2.05) is 18.2 Å². The number of rotatable bonds is 6. The van der Waals surface area contributed by atoms with Crippen molar-refractivity contribution in [2.24, 2.45) is 7.05 Å². The van der Waals surface area contributed by atoms with E-state index in [4.69, 9.17) is 21.4 Å². The zero-order valence-electron chi connectivity index (χ0n) is 17.8. The lowest BCUT2D eigenvalue weighted by Crippen LogP contribution is -2.35. The van der Waals surface area contributed by atoms with Gasteiger partial charge in [0.15, 0.2) is 11.6 Å². The normalized spacial score (nSPS) is 12.8. The number of amides is 1. The first-order chi connectivity index (χ1) is 16.0. The van der Waals surface area contributed by atoms with Gasteiger partial charge in [-0.25, -0.2) is 4.98 Å². The van der Waals surface area contributed by atoms with Gasteiger partial charge >= 0.3 is 0 Å². The number of hydrogen-bond donors (Lipinski definition) is 3. The zero-order chi connectivity index (χ0) is 22.9. The van der Waals surface area contributed by atoms with Gasteiger partial charge in [-0.05, 0) is 24.3 Å². The van der Waals surface area contributed by atoms with Crippen molar-refractivity contribution in [3.05, 3.63) is 53.4 Å². The highest BCUT2D eigenvalue weighted by molar-refractivity contribution is 6.32. The van der Waals surface area contributed by atoms with Crippen molar-refractivity contribution < 1.29 is 9.53 Å². The smallest absolute Gasteiger partial charge is 0.271 e. The standard InChI is InChI=1S/C21H20ClN9O2/c1-30-25-11-16(28-30)27-15-10-12(6-7-23-15)17-18(19-21(32)24-8-9-31(19)29-17)26-14-5-3-4-13(22)20(14)33-2/h3-7,10-11,26H,8-9H2,1-2H3,(H,24,32)(H,23,27,28). The van der Waals surface area contributed by atoms with Crippen LogP contribution < -0.4 is 20.7 Å². The van der Waals surface area contributed by atoms with E-state index in [2.05, 4.69) is 31.1 Å². The Labute approximate surface area is 193 Å². The first-order valence-corrected chi connectivity index (χ1v) is 10.5. The summed E-state index contributed by atoms with van der Waals surface area (Å²) in [4.78, 5) is 18.6. The molecule has 1 amide bonds. The van der Waals surface area contributed by atoms with Gasteiger partial charge in [0, 0.05) is 25.4 Å². The first kappa shape index (κ1) is 20.8. The zero-order valence-corrected chi connectivity index (χ0v) is 18.6. The molecule has 0 fully saturated rings. The highest BCUT2D eigenvalue weighted by Crippen LogP contribution is 2.39. The van der Waals surface area contributed by atoms with E-state index < -0.39 is 0 Å². The number of aromatic nitrogens is 6. The lowest BCUT2D eigenvalue weighted by Gasteiger charge is -2.17. The largest absolute Gasteiger partial charge is 0.493 e. The van der Waals surface area contributed by atoms with Crippen LogP contribution in [-0.2, 0) is 13.6 Å². The maximum atomic E-state index is 12.8. The van der Waals surface area contributed by atoms with E-state index in [1.54, 1.807) is 43.4 Å². The molecule has 3 aromatic heterocycles. The summed E-state index contributed by atoms with van der Waals surface area (Å²) in [7, 11) is 3.28. The monoisotopic (exact) mass is 465 g/mol. The highest BCUT2D eigenvalue weighted by atomic mass is 35.5. The fourth-order valence-electron chi connectivity index (χ4n) is 3.66. The molecule has 33 heavy (non-hydrogen) atoms. The summed E-state index contributed by atoms with van der Waals surface area (Å²) < 4.78 is 7.17. The molecule has 1 aromatic carbocycles. The summed E-state index contributed by atoms with van der Waals surface area (Å²) in [5.41, 5.74) is 2.94. The fraction of sp³-hybridized carbons (Fsp3) is 0.190. The Kier molecular flexibility index (Phi) is 5.31. The molecule has 12 heteroatoms. The van der Waals surface area contributed by atoms with Crippen LogP contribution in [0.5, 0.6) is 5.75 Å². The molecule has 0 aliphatic carbocycles. The summed E-state index contributed by atoms with van der Waals surface area (Å²) in [6.07, 6.45) is 3.27. The minimum Gasteiger partial charge on any atom is -0.493 e. The van der Waals surface area contributed by atoms with Gasteiger partial charge in [0.05, 0.1) is 36.2 Å². The van der Waals surface area contributed by atoms with Gasteiger partial charge in [0.25, 0.3) is 5.91 Å². The molecule has 0 atom stereocenters. The molecule has 0 unspecified atom stereocenters. The molecule has 4 aromatic rings. The van der Waals surface area contributed by atoms with E-state index in [-0.39, 0.29) is 5.91 Å². The topological polar surface area (TPSA) is 124 Å². The van der Waals surface area contributed by atoms with Crippen LogP contribution >= 0.6 is 11.6 Å². The van der Waals surface area contributed by atoms with Crippen molar-refractivity contribution in [1.82, 2.24) is 35.1 Å². The van der Waals surface area contributed by atoms with Crippen molar-refractivity contribution >= 4 is 40.5 Å². The second-order valence-electron chi connectivity index (χ2n) is 7.27. The van der Waals surface area contributed by atoms with Crippen LogP contribution in [0.15, 0.2) is 42.7 Å². The molecule has 4 heterocycles. The maximum Gasteiger partial charge on any atom is 0.271 e. The molecule has 3 N–H and O–H groups in total. The number of carbonyl (C=O) groups is 1. The third-order valence-corrected chi connectivity index (χ3v) is 5.39. The van der Waals surface area contributed by atoms with Gasteiger partial charge < -0.3 is 20.7 Å². The number of benzene rings is 1. The Hall–Kier alpha value is -4.12. The average molecular weight is 466 g/mol. The van der Waals surface area contributed by atoms with Crippen molar-refractivity contribution in [3.63, 3.8) is 0 Å². The van der Waals surface area contributed by atoms with Crippen molar-refractivity contribution in [1.29, 1.82) is 0 Å². The number of carbonyl (C=O) groups excluding carboxylic acids is 1. The Morgan fingerprint density at radius 3 is 2.85 bits per heavy atom. The summed E-state index contributed by atoms with van der Waals surface area (Å²) in [6.45, 7) is 1.06. The van der Waals surface area contributed by atoms with Crippen molar-refractivity contribution in [3.8, 4) is 17.0 Å². The molecule has 0 saturated carbocycles. The van der Waals surface area contributed by atoms with Crippen LogP contribution in [-0.4, -0.2) is 49.3 Å². The van der Waals surface area contributed by atoms with E-state index >= 15 is 0 Å². The van der Waals surface area contributed by atoms with Crippen LogP contribution in [0.4, 0.5) is 23.0 Å². The Balaban J connectivity index is 1.59. The van der Waals surface area contributed by atoms with Gasteiger partial charge in [-0.3, -0.25) is 9.48 Å². The van der Waals surface area contributed by atoms with Gasteiger partial charge in [0.2, 0.25) is 0 Å². The summed E-state index contributed by atoms with van der Waals surface area (Å²) in [6, 6.07) is 9.03. The second-order valence-corrected chi connectivity index (χ2v) is 7.68. The number of methoxy groups -OCH3 is 1. The summed E-state index contributed by atoms with van der Waals surface area (Å²) in [5.74, 6) is 1.39. The van der Waals surface area contributed by atoms with E-state index in [9.17, 15) is 4.79 Å². The maximum absolute atomic E-state index is 12.8. The van der Waals surface area contributed by atoms with Crippen LogP contribution in [0.25, 0.3) is 11.3 Å². The lowest BCUT2D eigenvalue weighted by atomic mass is 10.1. The fourth-order valence-corrected chi connectivity index (χ4v) is 3.92. The number of anilines is 4. The third kappa shape index (κ3) is 3.94. The van der Waals surface area contributed by atoms with Crippen molar-refractivity contribution in [2.45, 2.75) is 6.54 Å². The molecule has 1 aliphatic rings. The van der Waals surface area contributed by atoms with Crippen LogP contribution in [0, 0.1) is 0 Å². The molecule has 168 valence electrons. The molecule has 5 rings (SSSR count). The molecule has 0 bridgehead atoms. The molecule has 0 radical (unpaired) electrons. The quantitative estimate of drug-likeness (QED) is 0.397. The SMILES string of the molecule is COc1c(Cl)cccc1Nc1c(-c2ccnc(Nc3cnn(C)n3)c2)nn2c1C(=O)NCC2. The predicted octanol–water partition coefficient (Wildman–Crippen LogP) is 2.97. The van der Waals surface area contributed by atoms with Gasteiger partial charge in [-0.15, -0.1) is 5.10 Å². The summed E-state index contributed by atoms with van der Waals surface area (Å²) in [5, 5.41) is 22.8. The van der Waals surface area contributed by atoms with Gasteiger partial charge in [0.1, 0.15) is 17.2 Å². The average Bonchev–Trinajstić information content (AvgIpc) is 3.38. The van der Waals surface area contributed by atoms with Crippen molar-refractivity contribution in [2.75, 3.05) is 24.3 Å². The molecule has 1 aliphatic heterocycles. The molecule has 0 saturated heterocycles. The van der Waals surface area contributed by atoms with Crippen LogP contribution in [0.1, 0.15) is 10.5 Å². The number of halogens is 1. The Morgan fingerprint density at radius 2 is 2.06 bits per heavy atom. The summed E-state index contributed by atoms with van der Waals surface area (Å²) >= 11 is 6.30. The number of nitrogens with one attached hydrogen (secondary N) is 3. The minimum atomic E-state index is -0.213. The van der Waals surface area contributed by atoms with Gasteiger partial charge in [-0.1, -0.05) is 17.7 Å². The molecule has 0 spiro atoms. The minimum absolute atomic E-state index is 0.213. The number of fused-ring (bicyclic) bond motifs is 1. The second kappa shape index (κ2) is 8.43. The Bertz CT molecular complexity index is 1350. The number of ether oxygens (including phenoxy) is 1. The number of nitrogens with zero attached hydrogens (tertiary/aromatic N) is 6. The van der Waals surface area contributed by atoms with Crippen LogP contribution in [0.3, 0.4) is 0 Å². The predicted molar refractivity (Wildman–Crippen MR) is 123 cm³/mol. The number of pyridine rings is 1. The first-order valence-electron chi connectivity index (χ1n) is 10.1. The molecular weight excluding hydrogens is 446 g/mol. The Morgan fingerprint density at radius 1 is 1.18 bits per heavy atom. The van der Waals surface area contributed by atoms with E-state index in [1.165, 1.54) is 4.80 Å². The lowest BCUT2D eigenvalue weighted by molar-refractivity contribution is 0.0925. The number of aryl methyl sites for hydroxylation is 1. The molecular formula is C21H20ClN9O2. The van der Waals surface area contributed by atoms with Gasteiger partial charge in [-0.2, -0.15) is 15.0 Å². The number of hydrogen-bond acceptors (Lipinski definition) is 8. The highest BCUT2D eigenvalue weighted by Gasteiger charge is 2.28. The van der Waals surface area contributed by atoms with E-state index in [0.717, 1.165) is 5.56 Å². The molecule has 11 nitrogen and oxygen atoms in total. The van der Waals surface area contributed by atoms with Crippen LogP contribution in [0.2, 0.25) is 5.02 Å². The van der Waals surface area contributed by atoms with E-state index in [0.29, 0.717) is 58.3 Å². The number of para-hydroxylation sites is 1. The third-order valence-electron chi connectivity index (χ3n) is 5.10.